The molecule has 2 aromatic rings. The Balaban J connectivity index is 1.39. The normalized spacial score (nSPS) is 17.4. The largest absolute Gasteiger partial charge is 0.322 e. The van der Waals surface area contributed by atoms with Gasteiger partial charge in [0.25, 0.3) is 0 Å². The van der Waals surface area contributed by atoms with Crippen LogP contribution in [0.1, 0.15) is 23.1 Å². The highest BCUT2D eigenvalue weighted by Crippen LogP contribution is 2.24. The van der Waals surface area contributed by atoms with Gasteiger partial charge in [-0.05, 0) is 54.3 Å². The number of likely N-dealkylation sites (N-methyl/N-ethyl adjacent to an activating group) is 1. The van der Waals surface area contributed by atoms with Crippen LogP contribution in [0.4, 0.5) is 10.5 Å². The number of carbonyl (C=O) groups excluding carboxylic acids is 1. The van der Waals surface area contributed by atoms with Crippen LogP contribution in [-0.2, 0) is 13.0 Å². The van der Waals surface area contributed by atoms with Gasteiger partial charge in [0.15, 0.2) is 0 Å². The fourth-order valence-electron chi connectivity index (χ4n) is 3.67. The second-order valence-corrected chi connectivity index (χ2v) is 7.19. The highest BCUT2D eigenvalue weighted by atomic mass is 16.2. The Hall–Kier alpha value is -2.59. The Labute approximate surface area is 155 Å². The van der Waals surface area contributed by atoms with Crippen molar-refractivity contribution >= 4 is 17.3 Å². The molecule has 2 aliphatic rings. The number of rotatable bonds is 2. The monoisotopic (exact) mass is 347 g/mol. The number of carbonyl (C=O) groups is 1. The smallest absolute Gasteiger partial charge is 0.320 e. The molecule has 0 unspecified atom stereocenters. The number of benzene rings is 2. The van der Waals surface area contributed by atoms with E-state index in [2.05, 4.69) is 53.7 Å². The maximum Gasteiger partial charge on any atom is 0.322 e. The summed E-state index contributed by atoms with van der Waals surface area (Å²) in [4.78, 5) is 16.8. The minimum atomic E-state index is -0.0224. The molecule has 0 bridgehead atoms. The highest BCUT2D eigenvalue weighted by molar-refractivity contribution is 5.89. The Morgan fingerprint density at radius 2 is 1.73 bits per heavy atom. The van der Waals surface area contributed by atoms with Gasteiger partial charge in [-0.2, -0.15) is 0 Å². The van der Waals surface area contributed by atoms with Crippen molar-refractivity contribution in [3.05, 3.63) is 71.3 Å². The van der Waals surface area contributed by atoms with E-state index in [9.17, 15) is 4.79 Å². The molecule has 2 heterocycles. The summed E-state index contributed by atoms with van der Waals surface area (Å²) >= 11 is 0. The Morgan fingerprint density at radius 3 is 2.46 bits per heavy atom. The molecule has 1 N–H and O–H groups in total. The molecule has 0 aliphatic carbocycles. The van der Waals surface area contributed by atoms with E-state index in [4.69, 9.17) is 0 Å². The molecule has 0 spiro atoms. The molecule has 2 amide bonds. The second kappa shape index (κ2) is 7.34. The van der Waals surface area contributed by atoms with Crippen molar-refractivity contribution in [3.63, 3.8) is 0 Å². The maximum absolute atomic E-state index is 12.6. The first-order valence-corrected chi connectivity index (χ1v) is 9.30. The van der Waals surface area contributed by atoms with Crippen LogP contribution in [0.25, 0.3) is 5.57 Å². The summed E-state index contributed by atoms with van der Waals surface area (Å²) in [7, 11) is 2.14. The lowest BCUT2D eigenvalue weighted by Gasteiger charge is -2.29. The van der Waals surface area contributed by atoms with Gasteiger partial charge in [0.1, 0.15) is 0 Å². The number of anilines is 1. The van der Waals surface area contributed by atoms with Gasteiger partial charge in [0, 0.05) is 31.9 Å². The van der Waals surface area contributed by atoms with E-state index in [1.165, 1.54) is 22.3 Å². The lowest BCUT2D eigenvalue weighted by atomic mass is 9.99. The zero-order valence-electron chi connectivity index (χ0n) is 15.2. The lowest BCUT2D eigenvalue weighted by molar-refractivity contribution is 0.206. The van der Waals surface area contributed by atoms with Crippen molar-refractivity contribution in [1.29, 1.82) is 0 Å². The molecule has 2 aliphatic heterocycles. The van der Waals surface area contributed by atoms with Gasteiger partial charge in [0.05, 0.1) is 0 Å². The van der Waals surface area contributed by atoms with Crippen LogP contribution in [0.15, 0.2) is 54.6 Å². The maximum atomic E-state index is 12.6. The van der Waals surface area contributed by atoms with Crippen LogP contribution in [-0.4, -0.2) is 42.5 Å². The van der Waals surface area contributed by atoms with Crippen molar-refractivity contribution < 1.29 is 4.79 Å². The van der Waals surface area contributed by atoms with E-state index in [1.54, 1.807) is 0 Å². The molecule has 134 valence electrons. The summed E-state index contributed by atoms with van der Waals surface area (Å²) in [6.07, 6.45) is 4.29. The molecule has 0 fully saturated rings. The third-order valence-corrected chi connectivity index (χ3v) is 5.34. The SMILES string of the molecule is CN1CC=C(c2ccc(NC(=O)N3CCc4ccccc4C3)cc2)CC1. The van der Waals surface area contributed by atoms with E-state index < -0.39 is 0 Å². The number of nitrogens with zero attached hydrogens (tertiary/aromatic N) is 2. The minimum absolute atomic E-state index is 0.0224. The number of fused-ring (bicyclic) bond motifs is 1. The lowest BCUT2D eigenvalue weighted by Crippen LogP contribution is -2.38. The minimum Gasteiger partial charge on any atom is -0.320 e. The second-order valence-electron chi connectivity index (χ2n) is 7.19. The Bertz CT molecular complexity index is 826. The average Bonchev–Trinajstić information content (AvgIpc) is 2.69. The van der Waals surface area contributed by atoms with Crippen LogP contribution >= 0.6 is 0 Å². The third kappa shape index (κ3) is 3.65. The van der Waals surface area contributed by atoms with Crippen LogP contribution in [0.2, 0.25) is 0 Å². The average molecular weight is 347 g/mol. The predicted octanol–water partition coefficient (Wildman–Crippen LogP) is 4.00. The van der Waals surface area contributed by atoms with Crippen LogP contribution in [0.3, 0.4) is 0 Å². The summed E-state index contributed by atoms with van der Waals surface area (Å²) in [6.45, 7) is 3.55. The number of hydrogen-bond acceptors (Lipinski definition) is 2. The van der Waals surface area contributed by atoms with Crippen molar-refractivity contribution in [2.45, 2.75) is 19.4 Å². The third-order valence-electron chi connectivity index (χ3n) is 5.34. The molecule has 0 aromatic heterocycles. The first kappa shape index (κ1) is 16.9. The van der Waals surface area contributed by atoms with Gasteiger partial charge in [-0.15, -0.1) is 0 Å². The zero-order valence-corrected chi connectivity index (χ0v) is 15.2. The van der Waals surface area contributed by atoms with Crippen LogP contribution in [0.5, 0.6) is 0 Å². The van der Waals surface area contributed by atoms with E-state index in [0.29, 0.717) is 6.54 Å². The van der Waals surface area contributed by atoms with E-state index >= 15 is 0 Å². The molecule has 4 nitrogen and oxygen atoms in total. The van der Waals surface area contributed by atoms with Gasteiger partial charge >= 0.3 is 6.03 Å². The van der Waals surface area contributed by atoms with Crippen LogP contribution < -0.4 is 5.32 Å². The molecule has 0 radical (unpaired) electrons. The van der Waals surface area contributed by atoms with E-state index in [1.807, 2.05) is 23.1 Å². The summed E-state index contributed by atoms with van der Waals surface area (Å²) in [5.74, 6) is 0. The first-order chi connectivity index (χ1) is 12.7. The number of amides is 2. The fourth-order valence-corrected chi connectivity index (χ4v) is 3.67. The molecule has 0 saturated carbocycles. The first-order valence-electron chi connectivity index (χ1n) is 9.30. The summed E-state index contributed by atoms with van der Waals surface area (Å²) in [6, 6.07) is 16.6. The topological polar surface area (TPSA) is 35.6 Å². The molecular formula is C22H25N3O. The van der Waals surface area contributed by atoms with Crippen molar-refractivity contribution in [2.75, 3.05) is 32.0 Å². The molecule has 0 saturated heterocycles. The summed E-state index contributed by atoms with van der Waals surface area (Å²) in [5.41, 5.74) is 6.11. The molecule has 4 rings (SSSR count). The van der Waals surface area contributed by atoms with Gasteiger partial charge in [0.2, 0.25) is 0 Å². The standard InChI is InChI=1S/C22H25N3O/c1-24-13-10-19(11-14-24)18-6-8-21(9-7-18)23-22(26)25-15-12-17-4-2-3-5-20(17)16-25/h2-10H,11-16H2,1H3,(H,23,26). The van der Waals surface area contributed by atoms with E-state index in [-0.39, 0.29) is 6.03 Å². The fraction of sp³-hybridized carbons (Fsp3) is 0.318. The molecule has 2 aromatic carbocycles. The molecule has 26 heavy (non-hydrogen) atoms. The van der Waals surface area contributed by atoms with Gasteiger partial charge < -0.3 is 15.1 Å². The van der Waals surface area contributed by atoms with E-state index in [0.717, 1.165) is 38.2 Å². The van der Waals surface area contributed by atoms with Gasteiger partial charge in [-0.3, -0.25) is 0 Å². The van der Waals surface area contributed by atoms with Crippen LogP contribution in [0, 0.1) is 0 Å². The quantitative estimate of drug-likeness (QED) is 0.891. The van der Waals surface area contributed by atoms with Gasteiger partial charge in [-0.25, -0.2) is 4.79 Å². The number of nitrogens with one attached hydrogen (secondary N) is 1. The van der Waals surface area contributed by atoms with Crippen molar-refractivity contribution in [2.24, 2.45) is 0 Å². The van der Waals surface area contributed by atoms with Crippen molar-refractivity contribution in [1.82, 2.24) is 9.80 Å². The highest BCUT2D eigenvalue weighted by Gasteiger charge is 2.20. The summed E-state index contributed by atoms with van der Waals surface area (Å²) < 4.78 is 0. The Kier molecular flexibility index (Phi) is 4.76. The Morgan fingerprint density at radius 1 is 0.962 bits per heavy atom. The summed E-state index contributed by atoms with van der Waals surface area (Å²) in [5, 5.41) is 3.04. The number of hydrogen-bond donors (Lipinski definition) is 1. The molecule has 4 heteroatoms. The molecular weight excluding hydrogens is 322 g/mol. The number of urea groups is 1. The van der Waals surface area contributed by atoms with Gasteiger partial charge in [-0.1, -0.05) is 42.5 Å². The van der Waals surface area contributed by atoms with Crippen molar-refractivity contribution in [3.8, 4) is 0 Å². The predicted molar refractivity (Wildman–Crippen MR) is 106 cm³/mol. The zero-order chi connectivity index (χ0) is 17.9. The molecule has 0 atom stereocenters.